The molecule has 132 valence electrons. The summed E-state index contributed by atoms with van der Waals surface area (Å²) in [6.07, 6.45) is 1.61. The highest BCUT2D eigenvalue weighted by molar-refractivity contribution is 7.99. The average Bonchev–Trinajstić information content (AvgIpc) is 3.00. The minimum absolute atomic E-state index is 0.0982. The third-order valence-corrected chi connectivity index (χ3v) is 5.05. The summed E-state index contributed by atoms with van der Waals surface area (Å²) in [6, 6.07) is 1.61. The lowest BCUT2D eigenvalue weighted by molar-refractivity contribution is -0.118. The fourth-order valence-corrected chi connectivity index (χ4v) is 3.92. The first-order chi connectivity index (χ1) is 12.0. The Labute approximate surface area is 158 Å². The molecule has 1 aliphatic rings. The van der Waals surface area contributed by atoms with Crippen LogP contribution in [0, 0.1) is 0 Å². The molecule has 0 atom stereocenters. The first-order valence-corrected chi connectivity index (χ1v) is 9.26. The molecule has 1 aromatic carbocycles. The van der Waals surface area contributed by atoms with E-state index in [0.717, 1.165) is 5.56 Å². The molecule has 2 heterocycles. The topological polar surface area (TPSA) is 117 Å². The van der Waals surface area contributed by atoms with Gasteiger partial charge in [-0.2, -0.15) is 9.97 Å². The molecule has 0 bridgehead atoms. The van der Waals surface area contributed by atoms with E-state index >= 15 is 0 Å². The monoisotopic (exact) mass is 399 g/mol. The van der Waals surface area contributed by atoms with E-state index < -0.39 is 0 Å². The lowest BCUT2D eigenvalue weighted by Gasteiger charge is -2.11. The summed E-state index contributed by atoms with van der Waals surface area (Å²) >= 11 is 13.9. The van der Waals surface area contributed by atoms with Crippen molar-refractivity contribution in [2.75, 3.05) is 18.1 Å². The van der Waals surface area contributed by atoms with Crippen LogP contribution < -0.4 is 16.2 Å². The molecule has 7 nitrogen and oxygen atoms in total. The summed E-state index contributed by atoms with van der Waals surface area (Å²) in [6.45, 7) is 0.525. The van der Waals surface area contributed by atoms with Crippen LogP contribution in [0.15, 0.2) is 11.2 Å². The number of thioether (sulfide) groups is 1. The van der Waals surface area contributed by atoms with Gasteiger partial charge in [-0.25, -0.2) is 4.98 Å². The van der Waals surface area contributed by atoms with E-state index in [4.69, 9.17) is 39.4 Å². The lowest BCUT2D eigenvalue weighted by Crippen LogP contribution is -2.10. The van der Waals surface area contributed by atoms with Crippen molar-refractivity contribution >= 4 is 46.8 Å². The van der Waals surface area contributed by atoms with Crippen LogP contribution in [-0.4, -0.2) is 33.2 Å². The van der Waals surface area contributed by atoms with Crippen LogP contribution in [0.2, 0.25) is 10.0 Å². The standard InChI is InChI=1S/C15H15Cl2N5O2S/c16-8-6-9(17)12-7(3-4-24-12)11(8)13-20-14(19)22-15(21-13)25-5-1-2-10(18)23/h6H,1-5H2,(H2,18,23)(H2,19,20,21,22). The molecule has 1 aliphatic heterocycles. The van der Waals surface area contributed by atoms with Gasteiger partial charge in [0.1, 0.15) is 5.75 Å². The van der Waals surface area contributed by atoms with Crippen LogP contribution in [0.3, 0.4) is 0 Å². The molecule has 10 heteroatoms. The van der Waals surface area contributed by atoms with Crippen molar-refractivity contribution in [2.45, 2.75) is 24.4 Å². The Hall–Kier alpha value is -1.77. The number of rotatable bonds is 6. The second-order valence-electron chi connectivity index (χ2n) is 5.34. The highest BCUT2D eigenvalue weighted by Crippen LogP contribution is 2.43. The lowest BCUT2D eigenvalue weighted by atomic mass is 10.0. The summed E-state index contributed by atoms with van der Waals surface area (Å²) in [5.41, 5.74) is 12.5. The Morgan fingerprint density at radius 3 is 2.84 bits per heavy atom. The Kier molecular flexibility index (Phi) is 5.51. The van der Waals surface area contributed by atoms with Gasteiger partial charge in [-0.1, -0.05) is 35.0 Å². The number of nitrogens with zero attached hydrogens (tertiary/aromatic N) is 3. The number of hydrogen-bond donors (Lipinski definition) is 2. The Balaban J connectivity index is 1.91. The number of anilines is 1. The SMILES string of the molecule is NC(=O)CCCSc1nc(N)nc(-c2c(Cl)cc(Cl)c3c2CCO3)n1. The predicted molar refractivity (Wildman–Crippen MR) is 98.0 cm³/mol. The van der Waals surface area contributed by atoms with E-state index in [1.165, 1.54) is 11.8 Å². The molecule has 0 saturated heterocycles. The number of halogens is 2. The van der Waals surface area contributed by atoms with E-state index in [-0.39, 0.29) is 11.9 Å². The average molecular weight is 400 g/mol. The van der Waals surface area contributed by atoms with Crippen molar-refractivity contribution in [1.82, 2.24) is 15.0 Å². The summed E-state index contributed by atoms with van der Waals surface area (Å²) < 4.78 is 5.57. The zero-order chi connectivity index (χ0) is 18.0. The predicted octanol–water partition coefficient (Wildman–Crippen LogP) is 2.72. The van der Waals surface area contributed by atoms with Gasteiger partial charge in [0.2, 0.25) is 11.9 Å². The zero-order valence-corrected chi connectivity index (χ0v) is 15.4. The fraction of sp³-hybridized carbons (Fsp3) is 0.333. The van der Waals surface area contributed by atoms with Crippen LogP contribution in [-0.2, 0) is 11.2 Å². The molecular formula is C15H15Cl2N5O2S. The molecule has 0 fully saturated rings. The van der Waals surface area contributed by atoms with E-state index in [2.05, 4.69) is 15.0 Å². The van der Waals surface area contributed by atoms with Crippen molar-refractivity contribution in [3.63, 3.8) is 0 Å². The molecule has 3 rings (SSSR count). The van der Waals surface area contributed by atoms with Gasteiger partial charge < -0.3 is 16.2 Å². The van der Waals surface area contributed by atoms with Gasteiger partial charge in [-0.15, -0.1) is 0 Å². The van der Waals surface area contributed by atoms with Gasteiger partial charge in [0.15, 0.2) is 11.0 Å². The molecule has 25 heavy (non-hydrogen) atoms. The molecule has 0 saturated carbocycles. The van der Waals surface area contributed by atoms with Gasteiger partial charge in [0, 0.05) is 29.7 Å². The van der Waals surface area contributed by atoms with Crippen molar-refractivity contribution < 1.29 is 9.53 Å². The molecule has 1 amide bonds. The van der Waals surface area contributed by atoms with Crippen LogP contribution in [0.5, 0.6) is 5.75 Å². The molecule has 0 radical (unpaired) electrons. The van der Waals surface area contributed by atoms with E-state index in [0.29, 0.717) is 64.0 Å². The van der Waals surface area contributed by atoms with E-state index in [1.807, 2.05) is 0 Å². The summed E-state index contributed by atoms with van der Waals surface area (Å²) in [4.78, 5) is 23.6. The molecule has 4 N–H and O–H groups in total. The summed E-state index contributed by atoms with van der Waals surface area (Å²) in [5.74, 6) is 1.39. The zero-order valence-electron chi connectivity index (χ0n) is 13.1. The Bertz CT molecular complexity index is 834. The van der Waals surface area contributed by atoms with E-state index in [1.54, 1.807) is 6.07 Å². The second kappa shape index (κ2) is 7.63. The normalized spacial score (nSPS) is 12.7. The van der Waals surface area contributed by atoms with Gasteiger partial charge >= 0.3 is 0 Å². The molecule has 0 spiro atoms. The maximum atomic E-state index is 10.8. The maximum Gasteiger partial charge on any atom is 0.224 e. The Morgan fingerprint density at radius 1 is 1.28 bits per heavy atom. The minimum atomic E-state index is -0.333. The third kappa shape index (κ3) is 4.08. The van der Waals surface area contributed by atoms with Gasteiger partial charge in [-0.05, 0) is 12.5 Å². The number of benzene rings is 1. The first kappa shape index (κ1) is 18.0. The van der Waals surface area contributed by atoms with Gasteiger partial charge in [0.05, 0.1) is 16.7 Å². The van der Waals surface area contributed by atoms with Crippen molar-refractivity contribution in [1.29, 1.82) is 0 Å². The number of primary amides is 1. The quantitative estimate of drug-likeness (QED) is 0.566. The number of fused-ring (bicyclic) bond motifs is 1. The largest absolute Gasteiger partial charge is 0.491 e. The van der Waals surface area contributed by atoms with Crippen molar-refractivity contribution in [2.24, 2.45) is 5.73 Å². The number of ether oxygens (including phenoxy) is 1. The smallest absolute Gasteiger partial charge is 0.224 e. The fourth-order valence-electron chi connectivity index (χ4n) is 2.50. The van der Waals surface area contributed by atoms with Crippen molar-refractivity contribution in [3.05, 3.63) is 21.7 Å². The molecule has 2 aromatic rings. The third-order valence-electron chi connectivity index (χ3n) is 3.54. The highest BCUT2D eigenvalue weighted by atomic mass is 35.5. The Morgan fingerprint density at radius 2 is 2.08 bits per heavy atom. The number of amides is 1. The summed E-state index contributed by atoms with van der Waals surface area (Å²) in [7, 11) is 0. The number of nitrogen functional groups attached to an aromatic ring is 1. The van der Waals surface area contributed by atoms with Crippen LogP contribution >= 0.6 is 35.0 Å². The summed E-state index contributed by atoms with van der Waals surface area (Å²) in [5, 5.41) is 1.36. The molecule has 1 aromatic heterocycles. The molecule has 0 unspecified atom stereocenters. The molecular weight excluding hydrogens is 385 g/mol. The minimum Gasteiger partial charge on any atom is -0.491 e. The van der Waals surface area contributed by atoms with Gasteiger partial charge in [-0.3, -0.25) is 4.79 Å². The van der Waals surface area contributed by atoms with Crippen LogP contribution in [0.1, 0.15) is 18.4 Å². The van der Waals surface area contributed by atoms with Gasteiger partial charge in [0.25, 0.3) is 0 Å². The van der Waals surface area contributed by atoms with Crippen molar-refractivity contribution in [3.8, 4) is 17.1 Å². The van der Waals surface area contributed by atoms with E-state index in [9.17, 15) is 4.79 Å². The molecule has 0 aliphatic carbocycles. The number of carbonyl (C=O) groups excluding carboxylic acids is 1. The highest BCUT2D eigenvalue weighted by Gasteiger charge is 2.25. The number of carbonyl (C=O) groups is 1. The maximum absolute atomic E-state index is 10.8. The van der Waals surface area contributed by atoms with Crippen LogP contribution in [0.25, 0.3) is 11.4 Å². The number of nitrogens with two attached hydrogens (primary N) is 2. The first-order valence-electron chi connectivity index (χ1n) is 7.52. The second-order valence-corrected chi connectivity index (χ2v) is 7.22. The van der Waals surface area contributed by atoms with Crippen LogP contribution in [0.4, 0.5) is 5.95 Å². The number of hydrogen-bond acceptors (Lipinski definition) is 7. The number of aromatic nitrogens is 3.